The average Bonchev–Trinajstić information content (AvgIpc) is 2.18. The molecule has 2 nitrogen and oxygen atoms in total. The predicted molar refractivity (Wildman–Crippen MR) is 54.4 cm³/mol. The Morgan fingerprint density at radius 3 is 2.46 bits per heavy atom. The van der Waals surface area contributed by atoms with Crippen molar-refractivity contribution < 1.29 is 9.53 Å². The first-order valence-corrected chi connectivity index (χ1v) is 5.16. The monoisotopic (exact) mass is 196 g/mol. The zero-order valence-electron chi connectivity index (χ0n) is 7.74. The third-order valence-electron chi connectivity index (χ3n) is 1.69. The molecule has 0 aliphatic carbocycles. The SMILES string of the molecule is COCC(=O)c1ccc(SC)cc1. The second-order valence-electron chi connectivity index (χ2n) is 2.58. The summed E-state index contributed by atoms with van der Waals surface area (Å²) in [6.45, 7) is 0.151. The second-order valence-corrected chi connectivity index (χ2v) is 3.46. The number of thioether (sulfide) groups is 1. The summed E-state index contributed by atoms with van der Waals surface area (Å²) < 4.78 is 4.76. The fourth-order valence-corrected chi connectivity index (χ4v) is 1.40. The lowest BCUT2D eigenvalue weighted by Crippen LogP contribution is -2.06. The van der Waals surface area contributed by atoms with Crippen LogP contribution in [0.5, 0.6) is 0 Å². The number of carbonyl (C=O) groups excluding carboxylic acids is 1. The zero-order chi connectivity index (χ0) is 9.68. The van der Waals surface area contributed by atoms with Crippen LogP contribution in [0.1, 0.15) is 10.4 Å². The highest BCUT2D eigenvalue weighted by molar-refractivity contribution is 7.98. The van der Waals surface area contributed by atoms with Crippen LogP contribution in [0.15, 0.2) is 29.2 Å². The number of ether oxygens (including phenoxy) is 1. The minimum Gasteiger partial charge on any atom is -0.377 e. The molecule has 0 saturated carbocycles. The number of Topliss-reactive ketones (excluding diaryl/α,β-unsaturated/α-hetero) is 1. The van der Waals surface area contributed by atoms with Gasteiger partial charge in [0.25, 0.3) is 0 Å². The van der Waals surface area contributed by atoms with Gasteiger partial charge in [0, 0.05) is 17.6 Å². The Bertz CT molecular complexity index is 279. The van der Waals surface area contributed by atoms with Crippen LogP contribution in [-0.2, 0) is 4.74 Å². The van der Waals surface area contributed by atoms with E-state index < -0.39 is 0 Å². The largest absolute Gasteiger partial charge is 0.377 e. The summed E-state index contributed by atoms with van der Waals surface area (Å²) in [6.07, 6.45) is 2.01. The standard InChI is InChI=1S/C10H12O2S/c1-12-7-10(11)8-3-5-9(13-2)6-4-8/h3-6H,7H2,1-2H3. The van der Waals surface area contributed by atoms with Gasteiger partial charge in [0.15, 0.2) is 5.78 Å². The van der Waals surface area contributed by atoms with Crippen molar-refractivity contribution in [2.45, 2.75) is 4.90 Å². The smallest absolute Gasteiger partial charge is 0.188 e. The van der Waals surface area contributed by atoms with E-state index in [4.69, 9.17) is 4.74 Å². The second kappa shape index (κ2) is 5.04. The molecule has 0 unspecified atom stereocenters. The van der Waals surface area contributed by atoms with Gasteiger partial charge >= 0.3 is 0 Å². The molecular formula is C10H12O2S. The summed E-state index contributed by atoms with van der Waals surface area (Å²) in [5, 5.41) is 0. The van der Waals surface area contributed by atoms with Gasteiger partial charge in [0.1, 0.15) is 6.61 Å². The Labute approximate surface area is 82.3 Å². The molecule has 0 radical (unpaired) electrons. The van der Waals surface area contributed by atoms with Crippen molar-refractivity contribution in [1.29, 1.82) is 0 Å². The molecule has 1 aromatic rings. The molecule has 0 saturated heterocycles. The molecule has 0 atom stereocenters. The van der Waals surface area contributed by atoms with E-state index >= 15 is 0 Å². The molecule has 0 spiro atoms. The van der Waals surface area contributed by atoms with E-state index in [0.29, 0.717) is 5.56 Å². The van der Waals surface area contributed by atoms with Crippen molar-refractivity contribution in [3.63, 3.8) is 0 Å². The van der Waals surface area contributed by atoms with Crippen LogP contribution >= 0.6 is 11.8 Å². The van der Waals surface area contributed by atoms with E-state index in [1.807, 2.05) is 30.5 Å². The first kappa shape index (κ1) is 10.3. The third-order valence-corrected chi connectivity index (χ3v) is 2.43. The lowest BCUT2D eigenvalue weighted by molar-refractivity contribution is 0.0848. The minimum atomic E-state index is 0.0233. The molecular weight excluding hydrogens is 184 g/mol. The van der Waals surface area contributed by atoms with Gasteiger partial charge in [-0.2, -0.15) is 0 Å². The van der Waals surface area contributed by atoms with Gasteiger partial charge in [-0.15, -0.1) is 11.8 Å². The Hall–Kier alpha value is -0.800. The van der Waals surface area contributed by atoms with E-state index in [1.165, 1.54) is 7.11 Å². The van der Waals surface area contributed by atoms with Crippen LogP contribution < -0.4 is 0 Å². The van der Waals surface area contributed by atoms with Crippen molar-refractivity contribution in [3.05, 3.63) is 29.8 Å². The fourth-order valence-electron chi connectivity index (χ4n) is 0.991. The maximum atomic E-state index is 11.3. The Balaban J connectivity index is 2.74. The van der Waals surface area contributed by atoms with Gasteiger partial charge in [-0.1, -0.05) is 12.1 Å². The summed E-state index contributed by atoms with van der Waals surface area (Å²) in [5.41, 5.74) is 0.708. The van der Waals surface area contributed by atoms with Crippen LogP contribution in [0.2, 0.25) is 0 Å². The van der Waals surface area contributed by atoms with Gasteiger partial charge in [0.2, 0.25) is 0 Å². The average molecular weight is 196 g/mol. The highest BCUT2D eigenvalue weighted by Gasteiger charge is 2.03. The number of methoxy groups -OCH3 is 1. The van der Waals surface area contributed by atoms with Crippen molar-refractivity contribution in [1.82, 2.24) is 0 Å². The van der Waals surface area contributed by atoms with E-state index in [2.05, 4.69) is 0 Å². The van der Waals surface area contributed by atoms with Gasteiger partial charge in [-0.25, -0.2) is 0 Å². The summed E-state index contributed by atoms with van der Waals surface area (Å²) in [5.74, 6) is 0.0233. The summed E-state index contributed by atoms with van der Waals surface area (Å²) in [7, 11) is 1.52. The quantitative estimate of drug-likeness (QED) is 0.545. The topological polar surface area (TPSA) is 26.3 Å². The number of benzene rings is 1. The number of ketones is 1. The van der Waals surface area contributed by atoms with Crippen molar-refractivity contribution in [2.75, 3.05) is 20.0 Å². The zero-order valence-corrected chi connectivity index (χ0v) is 8.56. The number of rotatable bonds is 4. The molecule has 0 heterocycles. The summed E-state index contributed by atoms with van der Waals surface area (Å²) >= 11 is 1.66. The Morgan fingerprint density at radius 1 is 1.38 bits per heavy atom. The molecule has 0 aliphatic heterocycles. The van der Waals surface area contributed by atoms with Crippen molar-refractivity contribution in [2.24, 2.45) is 0 Å². The minimum absolute atomic E-state index is 0.0233. The number of carbonyl (C=O) groups is 1. The Morgan fingerprint density at radius 2 is 2.00 bits per heavy atom. The van der Waals surface area contributed by atoms with Crippen LogP contribution in [0.4, 0.5) is 0 Å². The van der Waals surface area contributed by atoms with E-state index in [0.717, 1.165) is 4.90 Å². The normalized spacial score (nSPS) is 10.0. The molecule has 0 fully saturated rings. The molecule has 0 amide bonds. The molecule has 1 rings (SSSR count). The predicted octanol–water partition coefficient (Wildman–Crippen LogP) is 2.24. The highest BCUT2D eigenvalue weighted by atomic mass is 32.2. The van der Waals surface area contributed by atoms with Gasteiger partial charge < -0.3 is 4.74 Å². The molecule has 70 valence electrons. The van der Waals surface area contributed by atoms with E-state index in [-0.39, 0.29) is 12.4 Å². The first-order chi connectivity index (χ1) is 6.27. The van der Waals surface area contributed by atoms with Gasteiger partial charge in [-0.05, 0) is 18.4 Å². The molecule has 13 heavy (non-hydrogen) atoms. The van der Waals surface area contributed by atoms with Gasteiger partial charge in [0.05, 0.1) is 0 Å². The molecule has 0 N–H and O–H groups in total. The van der Waals surface area contributed by atoms with Crippen LogP contribution in [-0.4, -0.2) is 25.8 Å². The van der Waals surface area contributed by atoms with Crippen LogP contribution in [0.3, 0.4) is 0 Å². The lowest BCUT2D eigenvalue weighted by Gasteiger charge is -2.00. The number of hydrogen-bond donors (Lipinski definition) is 0. The van der Waals surface area contributed by atoms with Crippen molar-refractivity contribution in [3.8, 4) is 0 Å². The van der Waals surface area contributed by atoms with Gasteiger partial charge in [-0.3, -0.25) is 4.79 Å². The molecule has 1 aromatic carbocycles. The third kappa shape index (κ3) is 2.86. The van der Waals surface area contributed by atoms with Crippen molar-refractivity contribution >= 4 is 17.5 Å². The summed E-state index contributed by atoms with van der Waals surface area (Å²) in [6, 6.07) is 7.53. The highest BCUT2D eigenvalue weighted by Crippen LogP contribution is 2.14. The van der Waals surface area contributed by atoms with Crippen LogP contribution in [0, 0.1) is 0 Å². The molecule has 3 heteroatoms. The van der Waals surface area contributed by atoms with E-state index in [1.54, 1.807) is 11.8 Å². The lowest BCUT2D eigenvalue weighted by atomic mass is 10.1. The first-order valence-electron chi connectivity index (χ1n) is 3.94. The summed E-state index contributed by atoms with van der Waals surface area (Å²) in [4.78, 5) is 12.5. The maximum Gasteiger partial charge on any atom is 0.188 e. The van der Waals surface area contributed by atoms with Crippen LogP contribution in [0.25, 0.3) is 0 Å². The molecule has 0 aliphatic rings. The molecule has 0 bridgehead atoms. The maximum absolute atomic E-state index is 11.3. The Kier molecular flexibility index (Phi) is 3.99. The van der Waals surface area contributed by atoms with E-state index in [9.17, 15) is 4.79 Å². The molecule has 0 aromatic heterocycles. The number of hydrogen-bond acceptors (Lipinski definition) is 3. The fraction of sp³-hybridized carbons (Fsp3) is 0.300.